The van der Waals surface area contributed by atoms with E-state index in [0.29, 0.717) is 43.2 Å². The highest BCUT2D eigenvalue weighted by Crippen LogP contribution is 2.32. The smallest absolute Gasteiger partial charge is 0.312 e. The third-order valence-corrected chi connectivity index (χ3v) is 5.47. The first-order valence-corrected chi connectivity index (χ1v) is 10.6. The topological polar surface area (TPSA) is 88.2 Å². The van der Waals surface area contributed by atoms with Crippen LogP contribution in [-0.2, 0) is 9.59 Å². The molecule has 8 heteroatoms. The number of methoxy groups -OCH3 is 1. The van der Waals surface area contributed by atoms with Gasteiger partial charge in [0, 0.05) is 37.8 Å². The van der Waals surface area contributed by atoms with Gasteiger partial charge >= 0.3 is 11.8 Å². The summed E-state index contributed by atoms with van der Waals surface area (Å²) < 4.78 is 11.5. The SMILES string of the molecule is COc1cc(C(=O)N2CCN(C(=O)C(=O)NC(C)C)CC2)ccc1OC1CCCC1. The van der Waals surface area contributed by atoms with Crippen LogP contribution in [0.4, 0.5) is 0 Å². The zero-order valence-electron chi connectivity index (χ0n) is 18.0. The highest BCUT2D eigenvalue weighted by molar-refractivity contribution is 6.35. The van der Waals surface area contributed by atoms with E-state index < -0.39 is 11.8 Å². The Morgan fingerprint density at radius 2 is 1.63 bits per heavy atom. The molecule has 0 unspecified atom stereocenters. The fourth-order valence-electron chi connectivity index (χ4n) is 3.85. The highest BCUT2D eigenvalue weighted by Gasteiger charge is 2.29. The molecule has 0 atom stereocenters. The first kappa shape index (κ1) is 21.9. The largest absolute Gasteiger partial charge is 0.493 e. The monoisotopic (exact) mass is 417 g/mol. The zero-order valence-corrected chi connectivity index (χ0v) is 18.0. The minimum atomic E-state index is -0.604. The van der Waals surface area contributed by atoms with Crippen molar-refractivity contribution in [3.05, 3.63) is 23.8 Å². The lowest BCUT2D eigenvalue weighted by Crippen LogP contribution is -2.54. The number of amides is 3. The molecular formula is C22H31N3O5. The Hall–Kier alpha value is -2.77. The van der Waals surface area contributed by atoms with Crippen molar-refractivity contribution >= 4 is 17.7 Å². The Morgan fingerprint density at radius 1 is 1.00 bits per heavy atom. The maximum atomic E-state index is 12.9. The Labute approximate surface area is 177 Å². The van der Waals surface area contributed by atoms with E-state index in [4.69, 9.17) is 9.47 Å². The maximum Gasteiger partial charge on any atom is 0.312 e. The van der Waals surface area contributed by atoms with Crippen LogP contribution in [-0.4, -0.2) is 73.0 Å². The van der Waals surface area contributed by atoms with Gasteiger partial charge < -0.3 is 24.6 Å². The lowest BCUT2D eigenvalue weighted by molar-refractivity contribution is -0.147. The van der Waals surface area contributed by atoms with E-state index in [0.717, 1.165) is 12.8 Å². The van der Waals surface area contributed by atoms with Crippen molar-refractivity contribution in [2.75, 3.05) is 33.3 Å². The summed E-state index contributed by atoms with van der Waals surface area (Å²) in [6.45, 7) is 5.02. The Bertz CT molecular complexity index is 781. The Kier molecular flexibility index (Phi) is 7.18. The number of hydrogen-bond donors (Lipinski definition) is 1. The number of nitrogens with one attached hydrogen (secondary N) is 1. The Balaban J connectivity index is 1.59. The molecule has 1 aliphatic heterocycles. The zero-order chi connectivity index (χ0) is 21.7. The number of nitrogens with zero attached hydrogens (tertiary/aromatic N) is 2. The number of hydrogen-bond acceptors (Lipinski definition) is 5. The molecule has 1 heterocycles. The first-order chi connectivity index (χ1) is 14.4. The molecule has 3 rings (SSSR count). The van der Waals surface area contributed by atoms with Gasteiger partial charge in [0.2, 0.25) is 0 Å². The van der Waals surface area contributed by atoms with E-state index in [1.165, 1.54) is 17.7 Å². The standard InChI is InChI=1S/C22H31N3O5/c1-15(2)23-20(26)22(28)25-12-10-24(11-13-25)21(27)16-8-9-18(19(14-16)29-3)30-17-6-4-5-7-17/h8-9,14-15,17H,4-7,10-13H2,1-3H3,(H,23,26). The molecule has 0 radical (unpaired) electrons. The highest BCUT2D eigenvalue weighted by atomic mass is 16.5. The summed E-state index contributed by atoms with van der Waals surface area (Å²) in [6.07, 6.45) is 4.65. The van der Waals surface area contributed by atoms with Gasteiger partial charge in [-0.3, -0.25) is 14.4 Å². The molecule has 1 saturated heterocycles. The summed E-state index contributed by atoms with van der Waals surface area (Å²) in [5.41, 5.74) is 0.517. The van der Waals surface area contributed by atoms with Gasteiger partial charge in [-0.1, -0.05) is 0 Å². The van der Waals surface area contributed by atoms with E-state index in [9.17, 15) is 14.4 Å². The molecule has 164 valence electrons. The van der Waals surface area contributed by atoms with E-state index >= 15 is 0 Å². The predicted octanol–water partition coefficient (Wildman–Crippen LogP) is 1.83. The summed E-state index contributed by atoms with van der Waals surface area (Å²) in [6, 6.07) is 5.16. The fraction of sp³-hybridized carbons (Fsp3) is 0.591. The van der Waals surface area contributed by atoms with Crippen LogP contribution in [0.15, 0.2) is 18.2 Å². The van der Waals surface area contributed by atoms with Gasteiger partial charge in [-0.05, 0) is 57.7 Å². The van der Waals surface area contributed by atoms with Crippen LogP contribution >= 0.6 is 0 Å². The molecule has 0 aromatic heterocycles. The van der Waals surface area contributed by atoms with Crippen molar-refractivity contribution in [3.8, 4) is 11.5 Å². The summed E-state index contributed by atoms with van der Waals surface area (Å²) in [4.78, 5) is 40.2. The van der Waals surface area contributed by atoms with Crippen LogP contribution in [0, 0.1) is 0 Å². The molecule has 0 bridgehead atoms. The minimum absolute atomic E-state index is 0.0973. The lowest BCUT2D eigenvalue weighted by Gasteiger charge is -2.34. The quantitative estimate of drug-likeness (QED) is 0.739. The van der Waals surface area contributed by atoms with Crippen LogP contribution in [0.3, 0.4) is 0 Å². The van der Waals surface area contributed by atoms with E-state index in [-0.39, 0.29) is 18.1 Å². The predicted molar refractivity (Wildman–Crippen MR) is 112 cm³/mol. The molecule has 1 saturated carbocycles. The third-order valence-electron chi connectivity index (χ3n) is 5.47. The van der Waals surface area contributed by atoms with Gasteiger partial charge in [-0.25, -0.2) is 0 Å². The molecule has 8 nitrogen and oxygen atoms in total. The molecule has 3 amide bonds. The minimum Gasteiger partial charge on any atom is -0.493 e. The number of ether oxygens (including phenoxy) is 2. The van der Waals surface area contributed by atoms with Crippen molar-refractivity contribution in [1.29, 1.82) is 0 Å². The third kappa shape index (κ3) is 5.23. The molecular weight excluding hydrogens is 386 g/mol. The van der Waals surface area contributed by atoms with E-state index in [1.54, 1.807) is 44.1 Å². The van der Waals surface area contributed by atoms with E-state index in [2.05, 4.69) is 5.32 Å². The van der Waals surface area contributed by atoms with Crippen LogP contribution < -0.4 is 14.8 Å². The summed E-state index contributed by atoms with van der Waals surface area (Å²) in [5, 5.41) is 2.61. The van der Waals surface area contributed by atoms with Gasteiger partial charge in [-0.15, -0.1) is 0 Å². The number of rotatable bonds is 5. The van der Waals surface area contributed by atoms with Crippen LogP contribution in [0.5, 0.6) is 11.5 Å². The van der Waals surface area contributed by atoms with Crippen LogP contribution in [0.25, 0.3) is 0 Å². The normalized spacial score (nSPS) is 17.2. The Morgan fingerprint density at radius 3 is 2.23 bits per heavy atom. The molecule has 1 aromatic carbocycles. The van der Waals surface area contributed by atoms with Gasteiger partial charge in [0.1, 0.15) is 0 Å². The molecule has 1 aromatic rings. The number of carbonyl (C=O) groups is 3. The van der Waals surface area contributed by atoms with Crippen LogP contribution in [0.1, 0.15) is 49.9 Å². The number of carbonyl (C=O) groups excluding carboxylic acids is 3. The average Bonchev–Trinajstić information content (AvgIpc) is 3.25. The molecule has 1 N–H and O–H groups in total. The molecule has 1 aliphatic carbocycles. The number of piperazine rings is 1. The van der Waals surface area contributed by atoms with Gasteiger partial charge in [0.15, 0.2) is 11.5 Å². The van der Waals surface area contributed by atoms with Gasteiger partial charge in [0.25, 0.3) is 5.91 Å². The molecule has 2 aliphatic rings. The van der Waals surface area contributed by atoms with Gasteiger partial charge in [-0.2, -0.15) is 0 Å². The fourth-order valence-corrected chi connectivity index (χ4v) is 3.85. The first-order valence-electron chi connectivity index (χ1n) is 10.6. The lowest BCUT2D eigenvalue weighted by atomic mass is 10.1. The van der Waals surface area contributed by atoms with Gasteiger partial charge in [0.05, 0.1) is 13.2 Å². The summed E-state index contributed by atoms with van der Waals surface area (Å²) in [7, 11) is 1.57. The molecule has 0 spiro atoms. The van der Waals surface area contributed by atoms with Crippen molar-refractivity contribution in [2.24, 2.45) is 0 Å². The second-order valence-electron chi connectivity index (χ2n) is 8.10. The van der Waals surface area contributed by atoms with E-state index in [1.807, 2.05) is 0 Å². The summed E-state index contributed by atoms with van der Waals surface area (Å²) >= 11 is 0. The number of benzene rings is 1. The second-order valence-corrected chi connectivity index (χ2v) is 8.10. The van der Waals surface area contributed by atoms with Crippen molar-refractivity contribution in [3.63, 3.8) is 0 Å². The summed E-state index contributed by atoms with van der Waals surface area (Å²) in [5.74, 6) is -0.0721. The average molecular weight is 418 g/mol. The van der Waals surface area contributed by atoms with Crippen molar-refractivity contribution in [2.45, 2.75) is 51.7 Å². The maximum absolute atomic E-state index is 12.9. The molecule has 30 heavy (non-hydrogen) atoms. The van der Waals surface area contributed by atoms with Crippen molar-refractivity contribution < 1.29 is 23.9 Å². The van der Waals surface area contributed by atoms with Crippen molar-refractivity contribution in [1.82, 2.24) is 15.1 Å². The van der Waals surface area contributed by atoms with Crippen LogP contribution in [0.2, 0.25) is 0 Å². The second kappa shape index (κ2) is 9.82. The molecule has 2 fully saturated rings.